The van der Waals surface area contributed by atoms with Crippen molar-refractivity contribution in [2.75, 3.05) is 32.8 Å². The van der Waals surface area contributed by atoms with Crippen LogP contribution in [0.5, 0.6) is 0 Å². The molecule has 1 unspecified atom stereocenters. The summed E-state index contributed by atoms with van der Waals surface area (Å²) in [5, 5.41) is 0.844. The number of carbonyl (C=O) groups excluding carboxylic acids is 4. The lowest BCUT2D eigenvalue weighted by atomic mass is 9.97. The molecule has 0 aromatic heterocycles. The summed E-state index contributed by atoms with van der Waals surface area (Å²) in [6.45, 7) is 5.45. The summed E-state index contributed by atoms with van der Waals surface area (Å²) in [7, 11) is 0. The Morgan fingerprint density at radius 2 is 1.74 bits per heavy atom. The maximum absolute atomic E-state index is 14.2. The zero-order valence-electron chi connectivity index (χ0n) is 26.8. The SMILES string of the molecule is CCN(CC)C(=O)COC(=O)CC[C@H](C(=O)CCc1ccc(Cl)c(Cl)c1)N1CCC(CCc2ccccc2)N2C[C@H](N)C[C@H]2C1=O. The third-order valence-corrected chi connectivity index (χ3v) is 9.95. The van der Waals surface area contributed by atoms with Crippen LogP contribution < -0.4 is 5.73 Å². The minimum atomic E-state index is -0.812. The number of amides is 2. The Hall–Kier alpha value is -2.98. The molecule has 2 amide bonds. The van der Waals surface area contributed by atoms with E-state index in [1.54, 1.807) is 21.9 Å². The van der Waals surface area contributed by atoms with E-state index in [1.807, 2.05) is 38.1 Å². The number of Topliss-reactive ketones (excluding diaryl/α,β-unsaturated/α-hetero) is 1. The largest absolute Gasteiger partial charge is 0.456 e. The van der Waals surface area contributed by atoms with Crippen LogP contribution in [0.2, 0.25) is 10.0 Å². The van der Waals surface area contributed by atoms with Gasteiger partial charge in [-0.05, 0) is 75.6 Å². The number of ketones is 1. The van der Waals surface area contributed by atoms with Crippen molar-refractivity contribution in [2.45, 2.75) is 89.4 Å². The van der Waals surface area contributed by atoms with E-state index in [0.717, 1.165) is 18.4 Å². The number of hydrogen-bond acceptors (Lipinski definition) is 7. The van der Waals surface area contributed by atoms with Crippen LogP contribution in [0.4, 0.5) is 0 Å². The highest BCUT2D eigenvalue weighted by atomic mass is 35.5. The van der Waals surface area contributed by atoms with Crippen molar-refractivity contribution in [3.8, 4) is 0 Å². The quantitative estimate of drug-likeness (QED) is 0.273. The van der Waals surface area contributed by atoms with Gasteiger partial charge in [0.25, 0.3) is 5.91 Å². The lowest BCUT2D eigenvalue weighted by Gasteiger charge is -2.32. The molecule has 0 saturated carbocycles. The molecule has 250 valence electrons. The van der Waals surface area contributed by atoms with E-state index in [-0.39, 0.29) is 55.6 Å². The van der Waals surface area contributed by atoms with Crippen molar-refractivity contribution in [1.82, 2.24) is 14.7 Å². The number of ether oxygens (including phenoxy) is 1. The van der Waals surface area contributed by atoms with Gasteiger partial charge in [0.1, 0.15) is 0 Å². The predicted molar refractivity (Wildman–Crippen MR) is 180 cm³/mol. The maximum Gasteiger partial charge on any atom is 0.306 e. The zero-order chi connectivity index (χ0) is 33.2. The number of carbonyl (C=O) groups is 4. The first kappa shape index (κ1) is 35.9. The molecule has 2 heterocycles. The minimum Gasteiger partial charge on any atom is -0.456 e. The highest BCUT2D eigenvalue weighted by molar-refractivity contribution is 6.42. The van der Waals surface area contributed by atoms with E-state index in [4.69, 9.17) is 33.7 Å². The standard InChI is InChI=1S/C35H46Cl2N4O5/c1-3-39(4-2)33(43)23-46-34(44)17-15-30(32(42)16-12-25-11-14-28(36)29(37)20-25)40-19-18-27(13-10-24-8-6-5-7-9-24)41-22-26(38)21-31(41)35(40)45/h5-9,11,14,20,26-27,30-31H,3-4,10,12-13,15-19,21-23,38H2,1-2H3/t26-,27?,30-,31+/m1/s1. The van der Waals surface area contributed by atoms with Gasteiger partial charge in [0.15, 0.2) is 12.4 Å². The van der Waals surface area contributed by atoms with Crippen LogP contribution in [0.25, 0.3) is 0 Å². The van der Waals surface area contributed by atoms with Gasteiger partial charge in [0.05, 0.1) is 22.1 Å². The predicted octanol–water partition coefficient (Wildman–Crippen LogP) is 4.69. The molecule has 0 aliphatic carbocycles. The minimum absolute atomic E-state index is 0.0934. The van der Waals surface area contributed by atoms with E-state index in [2.05, 4.69) is 17.0 Å². The van der Waals surface area contributed by atoms with Crippen LogP contribution in [0.1, 0.15) is 63.5 Å². The van der Waals surface area contributed by atoms with Crippen molar-refractivity contribution in [1.29, 1.82) is 0 Å². The molecule has 0 bridgehead atoms. The Bertz CT molecular complexity index is 1360. The lowest BCUT2D eigenvalue weighted by molar-refractivity contribution is -0.152. The van der Waals surface area contributed by atoms with Crippen LogP contribution in [0, 0.1) is 0 Å². The van der Waals surface area contributed by atoms with Crippen LogP contribution in [0.15, 0.2) is 48.5 Å². The molecular formula is C35H46Cl2N4O5. The second-order valence-electron chi connectivity index (χ2n) is 12.2. The number of benzene rings is 2. The van der Waals surface area contributed by atoms with Crippen LogP contribution in [-0.2, 0) is 36.8 Å². The molecule has 46 heavy (non-hydrogen) atoms. The van der Waals surface area contributed by atoms with Crippen molar-refractivity contribution >= 4 is 46.8 Å². The fourth-order valence-corrected chi connectivity index (χ4v) is 6.97. The first-order chi connectivity index (χ1) is 22.1. The van der Waals surface area contributed by atoms with E-state index < -0.39 is 18.1 Å². The fraction of sp³-hybridized carbons (Fsp3) is 0.543. The molecule has 2 fully saturated rings. The first-order valence-electron chi connectivity index (χ1n) is 16.4. The molecule has 2 aliphatic heterocycles. The summed E-state index contributed by atoms with van der Waals surface area (Å²) in [6, 6.07) is 14.3. The number of esters is 1. The summed E-state index contributed by atoms with van der Waals surface area (Å²) < 4.78 is 5.29. The number of likely N-dealkylation sites (N-methyl/N-ethyl adjacent to an activating group) is 1. The van der Waals surface area contributed by atoms with Gasteiger partial charge in [-0.15, -0.1) is 0 Å². The number of hydrogen-bond donors (Lipinski definition) is 1. The fourth-order valence-electron chi connectivity index (χ4n) is 6.65. The van der Waals surface area contributed by atoms with Crippen LogP contribution >= 0.6 is 23.2 Å². The number of aryl methyl sites for hydroxylation is 2. The summed E-state index contributed by atoms with van der Waals surface area (Å²) in [4.78, 5) is 58.8. The number of nitrogens with two attached hydrogens (primary N) is 1. The molecule has 9 nitrogen and oxygen atoms in total. The van der Waals surface area contributed by atoms with Gasteiger partial charge >= 0.3 is 5.97 Å². The van der Waals surface area contributed by atoms with Gasteiger partial charge in [0.2, 0.25) is 5.91 Å². The third-order valence-electron chi connectivity index (χ3n) is 9.21. The molecule has 2 aromatic rings. The maximum atomic E-state index is 14.2. The Labute approximate surface area is 282 Å². The van der Waals surface area contributed by atoms with Crippen molar-refractivity contribution in [3.63, 3.8) is 0 Å². The summed E-state index contributed by atoms with van der Waals surface area (Å²) >= 11 is 12.3. The van der Waals surface area contributed by atoms with Gasteiger partial charge in [-0.2, -0.15) is 0 Å². The molecule has 11 heteroatoms. The average molecular weight is 674 g/mol. The first-order valence-corrected chi connectivity index (χ1v) is 17.1. The molecule has 2 N–H and O–H groups in total. The lowest BCUT2D eigenvalue weighted by Crippen LogP contribution is -2.50. The van der Waals surface area contributed by atoms with E-state index >= 15 is 0 Å². The molecule has 0 spiro atoms. The zero-order valence-corrected chi connectivity index (χ0v) is 28.3. The highest BCUT2D eigenvalue weighted by Crippen LogP contribution is 2.31. The summed E-state index contributed by atoms with van der Waals surface area (Å²) in [5.74, 6) is -1.10. The summed E-state index contributed by atoms with van der Waals surface area (Å²) in [5.41, 5.74) is 8.49. The second-order valence-corrected chi connectivity index (χ2v) is 13.0. The molecule has 2 aromatic carbocycles. The van der Waals surface area contributed by atoms with E-state index in [9.17, 15) is 19.2 Å². The number of nitrogens with zero attached hydrogens (tertiary/aromatic N) is 3. The average Bonchev–Trinajstić information content (AvgIpc) is 3.40. The molecule has 4 atom stereocenters. The van der Waals surface area contributed by atoms with Crippen molar-refractivity contribution < 1.29 is 23.9 Å². The van der Waals surface area contributed by atoms with Gasteiger partial charge in [0, 0.05) is 51.1 Å². The number of halogens is 2. The van der Waals surface area contributed by atoms with E-state index in [1.165, 1.54) is 5.56 Å². The van der Waals surface area contributed by atoms with Gasteiger partial charge in [-0.25, -0.2) is 0 Å². The number of rotatable bonds is 15. The highest BCUT2D eigenvalue weighted by Gasteiger charge is 2.45. The Morgan fingerprint density at radius 3 is 2.43 bits per heavy atom. The molecule has 4 rings (SSSR count). The van der Waals surface area contributed by atoms with Crippen molar-refractivity contribution in [2.24, 2.45) is 5.73 Å². The monoisotopic (exact) mass is 672 g/mol. The van der Waals surface area contributed by atoms with E-state index in [0.29, 0.717) is 55.5 Å². The Balaban J connectivity index is 1.50. The van der Waals surface area contributed by atoms with Crippen molar-refractivity contribution in [3.05, 3.63) is 69.7 Å². The molecule has 2 saturated heterocycles. The molecule has 2 aliphatic rings. The normalized spacial score (nSPS) is 20.6. The van der Waals surface area contributed by atoms with Crippen LogP contribution in [-0.4, -0.2) is 95.2 Å². The van der Waals surface area contributed by atoms with Gasteiger partial charge in [-0.3, -0.25) is 24.1 Å². The number of fused-ring (bicyclic) bond motifs is 1. The van der Waals surface area contributed by atoms with Gasteiger partial charge < -0.3 is 20.3 Å². The molecule has 0 radical (unpaired) electrons. The Kier molecular flexibility index (Phi) is 13.5. The second kappa shape index (κ2) is 17.3. The van der Waals surface area contributed by atoms with Gasteiger partial charge in [-0.1, -0.05) is 59.6 Å². The van der Waals surface area contributed by atoms with Crippen LogP contribution in [0.3, 0.4) is 0 Å². The topological polar surface area (TPSA) is 113 Å². The Morgan fingerprint density at radius 1 is 1.00 bits per heavy atom. The third kappa shape index (κ3) is 9.53. The smallest absolute Gasteiger partial charge is 0.306 e. The molecular weight excluding hydrogens is 627 g/mol. The summed E-state index contributed by atoms with van der Waals surface area (Å²) in [6.07, 6.45) is 3.56.